The van der Waals surface area contributed by atoms with Gasteiger partial charge in [-0.3, -0.25) is 4.79 Å². The molecule has 128 valence electrons. The highest BCUT2D eigenvalue weighted by Crippen LogP contribution is 2.44. The SMILES string of the molecule is O=C(NC1(/C2=C/CC=C/C=C\C2)CC1)c1cc2cc(Cl)c(F)cc2[nH]1. The Hall–Kier alpha value is -2.33. The van der Waals surface area contributed by atoms with Crippen molar-refractivity contribution >= 4 is 28.4 Å². The van der Waals surface area contributed by atoms with Crippen molar-refractivity contribution in [1.82, 2.24) is 10.3 Å². The van der Waals surface area contributed by atoms with Gasteiger partial charge < -0.3 is 10.3 Å². The minimum atomic E-state index is -0.499. The number of halogens is 2. The molecule has 1 aromatic heterocycles. The number of amides is 1. The molecule has 1 saturated carbocycles. The molecule has 4 rings (SSSR count). The van der Waals surface area contributed by atoms with E-state index in [0.29, 0.717) is 11.2 Å². The maximum absolute atomic E-state index is 13.6. The lowest BCUT2D eigenvalue weighted by atomic mass is 9.98. The molecular formula is C20H18ClFN2O. The maximum atomic E-state index is 13.6. The van der Waals surface area contributed by atoms with Crippen LogP contribution in [0.15, 0.2) is 54.2 Å². The molecule has 2 aliphatic carbocycles. The number of aromatic amines is 1. The van der Waals surface area contributed by atoms with Crippen LogP contribution in [0.5, 0.6) is 0 Å². The van der Waals surface area contributed by atoms with Gasteiger partial charge in [-0.05, 0) is 49.5 Å². The molecule has 5 heteroatoms. The summed E-state index contributed by atoms with van der Waals surface area (Å²) in [5, 5.41) is 3.94. The highest BCUT2D eigenvalue weighted by molar-refractivity contribution is 6.31. The Morgan fingerprint density at radius 3 is 2.80 bits per heavy atom. The first-order valence-corrected chi connectivity index (χ1v) is 8.77. The van der Waals surface area contributed by atoms with Gasteiger partial charge in [-0.2, -0.15) is 0 Å². The van der Waals surface area contributed by atoms with E-state index in [1.165, 1.54) is 17.7 Å². The fourth-order valence-corrected chi connectivity index (χ4v) is 3.47. The zero-order valence-corrected chi connectivity index (χ0v) is 14.4. The third-order valence-corrected chi connectivity index (χ3v) is 5.13. The van der Waals surface area contributed by atoms with E-state index in [4.69, 9.17) is 11.6 Å². The predicted molar refractivity (Wildman–Crippen MR) is 98.3 cm³/mol. The molecule has 0 atom stereocenters. The van der Waals surface area contributed by atoms with Crippen molar-refractivity contribution in [2.45, 2.75) is 31.2 Å². The molecule has 2 N–H and O–H groups in total. The number of rotatable bonds is 3. The van der Waals surface area contributed by atoms with Crippen LogP contribution in [0.25, 0.3) is 10.9 Å². The molecule has 0 saturated heterocycles. The molecule has 3 nitrogen and oxygen atoms in total. The van der Waals surface area contributed by atoms with Crippen LogP contribution in [-0.2, 0) is 0 Å². The minimum Gasteiger partial charge on any atom is -0.350 e. The van der Waals surface area contributed by atoms with E-state index in [1.54, 1.807) is 6.07 Å². The molecule has 25 heavy (non-hydrogen) atoms. The van der Waals surface area contributed by atoms with Crippen LogP contribution < -0.4 is 5.32 Å². The van der Waals surface area contributed by atoms with Gasteiger partial charge in [-0.25, -0.2) is 4.39 Å². The second-order valence-corrected chi connectivity index (χ2v) is 7.01. The zero-order valence-electron chi connectivity index (χ0n) is 13.6. The molecule has 0 spiro atoms. The summed E-state index contributed by atoms with van der Waals surface area (Å²) < 4.78 is 13.6. The number of fused-ring (bicyclic) bond motifs is 1. The van der Waals surface area contributed by atoms with Crippen LogP contribution in [0.2, 0.25) is 5.02 Å². The lowest BCUT2D eigenvalue weighted by Crippen LogP contribution is -2.38. The number of H-pyrrole nitrogens is 1. The van der Waals surface area contributed by atoms with Crippen molar-refractivity contribution in [2.24, 2.45) is 0 Å². The Morgan fingerprint density at radius 2 is 2.00 bits per heavy atom. The van der Waals surface area contributed by atoms with Crippen LogP contribution in [0.1, 0.15) is 36.2 Å². The lowest BCUT2D eigenvalue weighted by molar-refractivity contribution is 0.0933. The second-order valence-electron chi connectivity index (χ2n) is 6.60. The van der Waals surface area contributed by atoms with Gasteiger partial charge in [-0.15, -0.1) is 0 Å². The van der Waals surface area contributed by atoms with Crippen molar-refractivity contribution in [3.05, 3.63) is 70.7 Å². The standard InChI is InChI=1S/C20H18ClFN2O/c21-15-10-13-11-18(23-17(13)12-16(15)22)19(25)24-20(8-9-20)14-6-4-2-1-3-5-7-14/h1-4,7,10-12,23H,5-6,8-9H2,(H,24,25)/b3-1?,4-2-,14-7+. The molecular weight excluding hydrogens is 339 g/mol. The lowest BCUT2D eigenvalue weighted by Gasteiger charge is -2.21. The number of allylic oxidation sites excluding steroid dienone is 5. The fraction of sp³-hybridized carbons (Fsp3) is 0.250. The first-order chi connectivity index (χ1) is 12.1. The summed E-state index contributed by atoms with van der Waals surface area (Å²) in [5.74, 6) is -0.672. The first-order valence-electron chi connectivity index (χ1n) is 8.39. The summed E-state index contributed by atoms with van der Waals surface area (Å²) >= 11 is 5.81. The van der Waals surface area contributed by atoms with Gasteiger partial charge in [0, 0.05) is 10.9 Å². The highest BCUT2D eigenvalue weighted by atomic mass is 35.5. The Balaban J connectivity index is 1.57. The molecule has 1 fully saturated rings. The number of hydrogen-bond donors (Lipinski definition) is 2. The number of nitrogens with one attached hydrogen (secondary N) is 2. The monoisotopic (exact) mass is 356 g/mol. The number of carbonyl (C=O) groups excluding carboxylic acids is 1. The third-order valence-electron chi connectivity index (χ3n) is 4.85. The van der Waals surface area contributed by atoms with Gasteiger partial charge in [0.15, 0.2) is 0 Å². The summed E-state index contributed by atoms with van der Waals surface area (Å²) in [4.78, 5) is 15.7. The van der Waals surface area contributed by atoms with E-state index in [0.717, 1.165) is 31.1 Å². The largest absolute Gasteiger partial charge is 0.350 e. The maximum Gasteiger partial charge on any atom is 0.268 e. The zero-order chi connectivity index (χ0) is 17.4. The van der Waals surface area contributed by atoms with E-state index < -0.39 is 5.82 Å². The van der Waals surface area contributed by atoms with Gasteiger partial charge in [0.05, 0.1) is 10.6 Å². The first kappa shape index (κ1) is 16.2. The molecule has 0 unspecified atom stereocenters. The molecule has 1 aromatic carbocycles. The van der Waals surface area contributed by atoms with Crippen molar-refractivity contribution < 1.29 is 9.18 Å². The van der Waals surface area contributed by atoms with Gasteiger partial charge in [0.1, 0.15) is 11.5 Å². The molecule has 0 bridgehead atoms. The fourth-order valence-electron chi connectivity index (χ4n) is 3.30. The number of carbonyl (C=O) groups is 1. The molecule has 2 aromatic rings. The van der Waals surface area contributed by atoms with Crippen molar-refractivity contribution in [2.75, 3.05) is 0 Å². The average molecular weight is 357 g/mol. The Labute approximate surface area is 150 Å². The Kier molecular flexibility index (Phi) is 4.00. The van der Waals surface area contributed by atoms with E-state index in [9.17, 15) is 9.18 Å². The molecule has 0 radical (unpaired) electrons. The molecule has 1 heterocycles. The van der Waals surface area contributed by atoms with Crippen LogP contribution in [0.3, 0.4) is 0 Å². The molecule has 1 amide bonds. The summed E-state index contributed by atoms with van der Waals surface area (Å²) in [6, 6.07) is 4.55. The van der Waals surface area contributed by atoms with Crippen molar-refractivity contribution in [1.29, 1.82) is 0 Å². The molecule has 0 aliphatic heterocycles. The van der Waals surface area contributed by atoms with Crippen LogP contribution in [0, 0.1) is 5.82 Å². The summed E-state index contributed by atoms with van der Waals surface area (Å²) in [5.41, 5.74) is 2.00. The van der Waals surface area contributed by atoms with Gasteiger partial charge >= 0.3 is 0 Å². The van der Waals surface area contributed by atoms with Gasteiger partial charge in [0.25, 0.3) is 5.91 Å². The van der Waals surface area contributed by atoms with Crippen LogP contribution >= 0.6 is 11.6 Å². The van der Waals surface area contributed by atoms with Crippen LogP contribution in [-0.4, -0.2) is 16.4 Å². The van der Waals surface area contributed by atoms with E-state index in [2.05, 4.69) is 28.5 Å². The summed E-state index contributed by atoms with van der Waals surface area (Å²) in [6.07, 6.45) is 14.1. The quantitative estimate of drug-likeness (QED) is 0.742. The average Bonchev–Trinajstić information content (AvgIpc) is 3.19. The van der Waals surface area contributed by atoms with Crippen LogP contribution in [0.4, 0.5) is 4.39 Å². The normalized spacial score (nSPS) is 21.9. The molecule has 2 aliphatic rings. The number of benzene rings is 1. The number of aromatic nitrogens is 1. The Bertz CT molecular complexity index is 896. The summed E-state index contributed by atoms with van der Waals surface area (Å²) in [6.45, 7) is 0. The van der Waals surface area contributed by atoms with Crippen molar-refractivity contribution in [3.63, 3.8) is 0 Å². The third kappa shape index (κ3) is 3.14. The topological polar surface area (TPSA) is 44.9 Å². The Morgan fingerprint density at radius 1 is 1.20 bits per heavy atom. The van der Waals surface area contributed by atoms with E-state index in [-0.39, 0.29) is 16.5 Å². The van der Waals surface area contributed by atoms with Crippen molar-refractivity contribution in [3.8, 4) is 0 Å². The van der Waals surface area contributed by atoms with Gasteiger partial charge in [0.2, 0.25) is 0 Å². The smallest absolute Gasteiger partial charge is 0.268 e. The second kappa shape index (κ2) is 6.19. The minimum absolute atomic E-state index is 0.0524. The van der Waals surface area contributed by atoms with E-state index in [1.807, 2.05) is 12.2 Å². The predicted octanol–water partition coefficient (Wildman–Crippen LogP) is 5.06. The van der Waals surface area contributed by atoms with E-state index >= 15 is 0 Å². The highest BCUT2D eigenvalue weighted by Gasteiger charge is 2.46. The summed E-state index contributed by atoms with van der Waals surface area (Å²) in [7, 11) is 0. The van der Waals surface area contributed by atoms with Gasteiger partial charge in [-0.1, -0.05) is 42.0 Å². The number of hydrogen-bond acceptors (Lipinski definition) is 1.